The molecule has 32 heavy (non-hydrogen) atoms. The highest BCUT2D eigenvalue weighted by Crippen LogP contribution is 2.36. The van der Waals surface area contributed by atoms with Gasteiger partial charge in [-0.25, -0.2) is 0 Å². The van der Waals surface area contributed by atoms with Crippen LogP contribution in [-0.2, 0) is 4.79 Å². The van der Waals surface area contributed by atoms with Gasteiger partial charge in [-0.3, -0.25) is 9.69 Å². The summed E-state index contributed by atoms with van der Waals surface area (Å²) in [6, 6.07) is 25.0. The summed E-state index contributed by atoms with van der Waals surface area (Å²) in [5, 5.41) is 3.37. The van der Waals surface area contributed by atoms with E-state index in [0.717, 1.165) is 16.9 Å². The average molecular weight is 425 g/mol. The molecule has 1 amide bonds. The predicted molar refractivity (Wildman–Crippen MR) is 134 cm³/mol. The molecule has 3 nitrogen and oxygen atoms in total. The molecule has 1 aliphatic rings. The minimum Gasteiger partial charge on any atom is -0.351 e. The lowest BCUT2D eigenvalue weighted by Gasteiger charge is -2.26. The Kier molecular flexibility index (Phi) is 6.18. The van der Waals surface area contributed by atoms with E-state index in [1.807, 2.05) is 23.1 Å². The highest BCUT2D eigenvalue weighted by atomic mass is 16.2. The third-order valence-electron chi connectivity index (χ3n) is 6.17. The van der Waals surface area contributed by atoms with E-state index in [1.165, 1.54) is 16.7 Å². The Labute approximate surface area is 191 Å². The van der Waals surface area contributed by atoms with Crippen molar-refractivity contribution < 1.29 is 4.79 Å². The molecular formula is C29H32N2O. The van der Waals surface area contributed by atoms with Crippen LogP contribution in [0.2, 0.25) is 0 Å². The molecule has 0 saturated carbocycles. The maximum Gasteiger partial charge on any atom is 0.275 e. The number of anilines is 2. The van der Waals surface area contributed by atoms with Crippen molar-refractivity contribution in [2.45, 2.75) is 52.5 Å². The molecule has 3 aromatic rings. The fourth-order valence-corrected chi connectivity index (χ4v) is 4.07. The molecule has 0 spiro atoms. The van der Waals surface area contributed by atoms with E-state index in [-0.39, 0.29) is 11.9 Å². The first-order valence-electron chi connectivity index (χ1n) is 11.4. The molecule has 0 saturated heterocycles. The van der Waals surface area contributed by atoms with Gasteiger partial charge in [0, 0.05) is 11.4 Å². The molecule has 0 aliphatic carbocycles. The minimum atomic E-state index is -0.148. The average Bonchev–Trinajstić information content (AvgIpc) is 3.10. The van der Waals surface area contributed by atoms with Crippen LogP contribution in [0.15, 0.2) is 84.6 Å². The summed E-state index contributed by atoms with van der Waals surface area (Å²) < 4.78 is 0. The highest BCUT2D eigenvalue weighted by Gasteiger charge is 2.34. The first kappa shape index (κ1) is 21.9. The van der Waals surface area contributed by atoms with Gasteiger partial charge >= 0.3 is 0 Å². The summed E-state index contributed by atoms with van der Waals surface area (Å²) in [4.78, 5) is 15.4. The lowest BCUT2D eigenvalue weighted by atomic mass is 10.0. The number of rotatable bonds is 6. The number of aryl methyl sites for hydroxylation is 1. The van der Waals surface area contributed by atoms with E-state index in [1.54, 1.807) is 0 Å². The summed E-state index contributed by atoms with van der Waals surface area (Å²) in [5.74, 6) is 0.919. The molecule has 3 aromatic carbocycles. The van der Waals surface area contributed by atoms with Crippen molar-refractivity contribution in [3.8, 4) is 0 Å². The molecule has 1 N–H and O–H groups in total. The van der Waals surface area contributed by atoms with Crippen molar-refractivity contribution in [3.05, 3.63) is 107 Å². The Morgan fingerprint density at radius 3 is 1.81 bits per heavy atom. The van der Waals surface area contributed by atoms with Crippen molar-refractivity contribution in [1.82, 2.24) is 0 Å². The van der Waals surface area contributed by atoms with Crippen LogP contribution < -0.4 is 10.2 Å². The zero-order chi connectivity index (χ0) is 22.8. The second kappa shape index (κ2) is 9.04. The smallest absolute Gasteiger partial charge is 0.275 e. The van der Waals surface area contributed by atoms with E-state index >= 15 is 0 Å². The van der Waals surface area contributed by atoms with Crippen molar-refractivity contribution >= 4 is 17.3 Å². The predicted octanol–water partition coefficient (Wildman–Crippen LogP) is 7.33. The first-order chi connectivity index (χ1) is 15.3. The van der Waals surface area contributed by atoms with Crippen LogP contribution in [0.3, 0.4) is 0 Å². The number of hydrogen-bond acceptors (Lipinski definition) is 2. The molecule has 3 heteroatoms. The molecule has 4 rings (SSSR count). The third kappa shape index (κ3) is 4.47. The van der Waals surface area contributed by atoms with Gasteiger partial charge in [0.2, 0.25) is 0 Å². The lowest BCUT2D eigenvalue weighted by Crippen LogP contribution is -2.30. The quantitative estimate of drug-likeness (QED) is 0.449. The normalized spacial score (nSPS) is 16.1. The third-order valence-corrected chi connectivity index (χ3v) is 6.17. The molecule has 0 aromatic heterocycles. The van der Waals surface area contributed by atoms with Crippen molar-refractivity contribution in [2.24, 2.45) is 0 Å². The number of hydrogen-bond donors (Lipinski definition) is 1. The van der Waals surface area contributed by atoms with E-state index in [9.17, 15) is 4.79 Å². The SMILES string of the molecule is Cc1ccc([C@H]2C=C(Nc3ccc(C(C)C)cc3)C(=O)N2c2ccc(C(C)C)cc2)cc1. The van der Waals surface area contributed by atoms with E-state index in [0.29, 0.717) is 17.5 Å². The Morgan fingerprint density at radius 1 is 0.750 bits per heavy atom. The zero-order valence-electron chi connectivity index (χ0n) is 19.6. The van der Waals surface area contributed by atoms with Gasteiger partial charge in [0.25, 0.3) is 5.91 Å². The Morgan fingerprint density at radius 2 is 1.28 bits per heavy atom. The first-order valence-corrected chi connectivity index (χ1v) is 11.4. The summed E-state index contributed by atoms with van der Waals surface area (Å²) in [5.41, 5.74) is 7.31. The highest BCUT2D eigenvalue weighted by molar-refractivity contribution is 6.11. The number of carbonyl (C=O) groups excluding carboxylic acids is 1. The van der Waals surface area contributed by atoms with Gasteiger partial charge in [-0.05, 0) is 65.8 Å². The van der Waals surface area contributed by atoms with E-state index in [4.69, 9.17) is 0 Å². The molecule has 0 radical (unpaired) electrons. The van der Waals surface area contributed by atoms with Gasteiger partial charge in [-0.15, -0.1) is 0 Å². The van der Waals surface area contributed by atoms with Gasteiger partial charge in [-0.1, -0.05) is 81.8 Å². The van der Waals surface area contributed by atoms with Crippen LogP contribution >= 0.6 is 0 Å². The largest absolute Gasteiger partial charge is 0.351 e. The minimum absolute atomic E-state index is 0.0131. The molecule has 1 heterocycles. The number of nitrogens with one attached hydrogen (secondary N) is 1. The van der Waals surface area contributed by atoms with Crippen LogP contribution in [-0.4, -0.2) is 5.91 Å². The van der Waals surface area contributed by atoms with Crippen molar-refractivity contribution in [2.75, 3.05) is 10.2 Å². The molecule has 1 atom stereocenters. The monoisotopic (exact) mass is 424 g/mol. The Bertz CT molecular complexity index is 1110. The number of carbonyl (C=O) groups is 1. The topological polar surface area (TPSA) is 32.3 Å². The van der Waals surface area contributed by atoms with Crippen LogP contribution in [0.1, 0.15) is 67.8 Å². The maximum atomic E-state index is 13.6. The summed E-state index contributed by atoms with van der Waals surface area (Å²) in [6.45, 7) is 10.8. The van der Waals surface area contributed by atoms with Gasteiger partial charge in [0.1, 0.15) is 5.70 Å². The van der Waals surface area contributed by atoms with Gasteiger partial charge in [0.05, 0.1) is 6.04 Å². The molecule has 1 aliphatic heterocycles. The maximum absolute atomic E-state index is 13.6. The van der Waals surface area contributed by atoms with Crippen LogP contribution in [0, 0.1) is 6.92 Å². The summed E-state index contributed by atoms with van der Waals surface area (Å²) in [7, 11) is 0. The standard InChI is InChI=1S/C29H32N2O/c1-19(2)22-10-14-25(15-11-22)30-27-18-28(24-8-6-21(5)7-9-24)31(29(27)32)26-16-12-23(13-17-26)20(3)4/h6-20,28,30H,1-5H3/t28-/m1/s1. The molecule has 0 bridgehead atoms. The van der Waals surface area contributed by atoms with Crippen LogP contribution in [0.25, 0.3) is 0 Å². The van der Waals surface area contributed by atoms with E-state index < -0.39 is 0 Å². The number of benzene rings is 3. The lowest BCUT2D eigenvalue weighted by molar-refractivity contribution is -0.114. The Balaban J connectivity index is 1.67. The molecule has 0 unspecified atom stereocenters. The molecule has 0 fully saturated rings. The Hall–Kier alpha value is -3.33. The van der Waals surface area contributed by atoms with Crippen molar-refractivity contribution in [1.29, 1.82) is 0 Å². The van der Waals surface area contributed by atoms with Crippen LogP contribution in [0.4, 0.5) is 11.4 Å². The zero-order valence-corrected chi connectivity index (χ0v) is 19.6. The van der Waals surface area contributed by atoms with Crippen LogP contribution in [0.5, 0.6) is 0 Å². The van der Waals surface area contributed by atoms with Gasteiger partial charge < -0.3 is 5.32 Å². The van der Waals surface area contributed by atoms with E-state index in [2.05, 4.69) is 101 Å². The molecule has 164 valence electrons. The summed E-state index contributed by atoms with van der Waals surface area (Å²) >= 11 is 0. The fourth-order valence-electron chi connectivity index (χ4n) is 4.07. The van der Waals surface area contributed by atoms with Gasteiger partial charge in [-0.2, -0.15) is 0 Å². The molecular weight excluding hydrogens is 392 g/mol. The van der Waals surface area contributed by atoms with Crippen molar-refractivity contribution in [3.63, 3.8) is 0 Å². The summed E-state index contributed by atoms with van der Waals surface area (Å²) in [6.07, 6.45) is 2.04. The number of nitrogens with zero attached hydrogens (tertiary/aromatic N) is 1. The second-order valence-electron chi connectivity index (χ2n) is 9.26. The second-order valence-corrected chi connectivity index (χ2v) is 9.26. The fraction of sp³-hybridized carbons (Fsp3) is 0.276. The number of amides is 1. The van der Waals surface area contributed by atoms with Gasteiger partial charge in [0.15, 0.2) is 0 Å².